The second-order valence-corrected chi connectivity index (χ2v) is 4.87. The van der Waals surface area contributed by atoms with E-state index in [1.165, 1.54) is 12.1 Å². The Morgan fingerprint density at radius 2 is 1.84 bits per heavy atom. The summed E-state index contributed by atoms with van der Waals surface area (Å²) < 4.78 is 12.8. The van der Waals surface area contributed by atoms with Crippen LogP contribution in [0, 0.1) is 5.82 Å². The number of hydrogen-bond acceptors (Lipinski definition) is 2. The number of pyridine rings is 1. The number of nitrogens with zero attached hydrogens (tertiary/aromatic N) is 1. The summed E-state index contributed by atoms with van der Waals surface area (Å²) in [6.07, 6.45) is 2.68. The van der Waals surface area contributed by atoms with Crippen molar-refractivity contribution < 1.29 is 4.39 Å². The van der Waals surface area contributed by atoms with Gasteiger partial charge in [-0.15, -0.1) is 0 Å². The third kappa shape index (κ3) is 4.14. The van der Waals surface area contributed by atoms with Crippen molar-refractivity contribution >= 4 is 0 Å². The van der Waals surface area contributed by atoms with Gasteiger partial charge in [0.15, 0.2) is 0 Å². The van der Waals surface area contributed by atoms with Crippen LogP contribution in [0.15, 0.2) is 48.7 Å². The van der Waals surface area contributed by atoms with Crippen molar-refractivity contribution in [3.05, 3.63) is 65.7 Å². The van der Waals surface area contributed by atoms with E-state index in [1.54, 1.807) is 6.20 Å². The average Bonchev–Trinajstić information content (AvgIpc) is 2.42. The number of nitrogens with one attached hydrogen (secondary N) is 1. The molecule has 1 N–H and O–H groups in total. The van der Waals surface area contributed by atoms with Crippen molar-refractivity contribution in [2.75, 3.05) is 0 Å². The number of hydrogen-bond donors (Lipinski definition) is 1. The summed E-state index contributed by atoms with van der Waals surface area (Å²) in [5.41, 5.74) is 2.17. The first-order valence-electron chi connectivity index (χ1n) is 6.56. The fraction of sp³-hybridized carbons (Fsp3) is 0.312. The maximum atomic E-state index is 12.8. The molecule has 1 aromatic heterocycles. The van der Waals surface area contributed by atoms with Gasteiger partial charge in [0.2, 0.25) is 0 Å². The lowest BCUT2D eigenvalue weighted by Gasteiger charge is -2.19. The summed E-state index contributed by atoms with van der Waals surface area (Å²) >= 11 is 0. The largest absolute Gasteiger partial charge is 0.306 e. The van der Waals surface area contributed by atoms with Gasteiger partial charge in [-0.05, 0) is 50.1 Å². The van der Waals surface area contributed by atoms with Gasteiger partial charge in [-0.1, -0.05) is 18.2 Å². The Morgan fingerprint density at radius 1 is 1.11 bits per heavy atom. The Kier molecular flexibility index (Phi) is 4.63. The minimum absolute atomic E-state index is 0.189. The predicted molar refractivity (Wildman–Crippen MR) is 75.4 cm³/mol. The van der Waals surface area contributed by atoms with Crippen molar-refractivity contribution in [3.8, 4) is 0 Å². The van der Waals surface area contributed by atoms with Crippen molar-refractivity contribution in [3.63, 3.8) is 0 Å². The molecule has 0 spiro atoms. The minimum atomic E-state index is -0.189. The molecule has 0 radical (unpaired) electrons. The summed E-state index contributed by atoms with van der Waals surface area (Å²) in [5, 5.41) is 3.50. The Labute approximate surface area is 113 Å². The fourth-order valence-corrected chi connectivity index (χ4v) is 2.18. The van der Waals surface area contributed by atoms with Crippen LogP contribution in [-0.2, 0) is 6.42 Å². The van der Waals surface area contributed by atoms with Crippen LogP contribution < -0.4 is 5.32 Å². The molecule has 0 aliphatic carbocycles. The summed E-state index contributed by atoms with van der Waals surface area (Å²) in [7, 11) is 0. The number of benzene rings is 1. The molecule has 0 aliphatic heterocycles. The number of aromatic nitrogens is 1. The molecular formula is C16H19FN2. The lowest BCUT2D eigenvalue weighted by molar-refractivity contribution is 0.470. The van der Waals surface area contributed by atoms with Crippen LogP contribution in [0.4, 0.5) is 4.39 Å². The van der Waals surface area contributed by atoms with Gasteiger partial charge in [0.1, 0.15) is 5.82 Å². The van der Waals surface area contributed by atoms with E-state index < -0.39 is 0 Å². The zero-order valence-corrected chi connectivity index (χ0v) is 11.3. The Morgan fingerprint density at radius 3 is 2.47 bits per heavy atom. The molecule has 2 unspecified atom stereocenters. The monoisotopic (exact) mass is 258 g/mol. The number of rotatable bonds is 5. The molecule has 2 rings (SSSR count). The van der Waals surface area contributed by atoms with Gasteiger partial charge in [0.25, 0.3) is 0 Å². The highest BCUT2D eigenvalue weighted by Gasteiger charge is 2.10. The predicted octanol–water partition coefficient (Wildman–Crippen LogP) is 3.50. The first kappa shape index (κ1) is 13.7. The van der Waals surface area contributed by atoms with E-state index in [0.717, 1.165) is 17.7 Å². The summed E-state index contributed by atoms with van der Waals surface area (Å²) in [4.78, 5) is 4.34. The SMILES string of the molecule is CC(Cc1ccc(F)cc1)NC(C)c1ccccn1. The molecule has 0 bridgehead atoms. The Balaban J connectivity index is 1.90. The minimum Gasteiger partial charge on any atom is -0.306 e. The van der Waals surface area contributed by atoms with E-state index in [1.807, 2.05) is 30.3 Å². The second-order valence-electron chi connectivity index (χ2n) is 4.87. The lowest BCUT2D eigenvalue weighted by atomic mass is 10.1. The van der Waals surface area contributed by atoms with Crippen LogP contribution >= 0.6 is 0 Å². The van der Waals surface area contributed by atoms with Crippen LogP contribution in [-0.4, -0.2) is 11.0 Å². The van der Waals surface area contributed by atoms with Crippen LogP contribution in [0.5, 0.6) is 0 Å². The molecule has 0 fully saturated rings. The third-order valence-corrected chi connectivity index (χ3v) is 3.12. The van der Waals surface area contributed by atoms with Gasteiger partial charge in [0, 0.05) is 18.3 Å². The van der Waals surface area contributed by atoms with Gasteiger partial charge < -0.3 is 5.32 Å². The van der Waals surface area contributed by atoms with Gasteiger partial charge in [0.05, 0.1) is 5.69 Å². The molecule has 2 aromatic rings. The van der Waals surface area contributed by atoms with Crippen LogP contribution in [0.25, 0.3) is 0 Å². The maximum absolute atomic E-state index is 12.8. The maximum Gasteiger partial charge on any atom is 0.123 e. The molecule has 0 amide bonds. The summed E-state index contributed by atoms with van der Waals surface area (Å²) in [6, 6.07) is 13.1. The van der Waals surface area contributed by atoms with Crippen molar-refractivity contribution in [1.82, 2.24) is 10.3 Å². The molecule has 0 saturated carbocycles. The molecule has 0 aliphatic rings. The first-order valence-corrected chi connectivity index (χ1v) is 6.56. The van der Waals surface area contributed by atoms with Crippen molar-refractivity contribution in [2.24, 2.45) is 0 Å². The van der Waals surface area contributed by atoms with Gasteiger partial charge in [-0.25, -0.2) is 4.39 Å². The molecule has 3 heteroatoms. The summed E-state index contributed by atoms with van der Waals surface area (Å²) in [5.74, 6) is -0.189. The molecule has 1 aromatic carbocycles. The first-order chi connectivity index (χ1) is 9.15. The quantitative estimate of drug-likeness (QED) is 0.887. The lowest BCUT2D eigenvalue weighted by Crippen LogP contribution is -2.31. The molecule has 100 valence electrons. The molecule has 0 saturated heterocycles. The molecule has 1 heterocycles. The van der Waals surface area contributed by atoms with Crippen molar-refractivity contribution in [1.29, 1.82) is 0 Å². The average molecular weight is 258 g/mol. The van der Waals surface area contributed by atoms with E-state index >= 15 is 0 Å². The molecular weight excluding hydrogens is 239 g/mol. The van der Waals surface area contributed by atoms with Crippen LogP contribution in [0.2, 0.25) is 0 Å². The topological polar surface area (TPSA) is 24.9 Å². The third-order valence-electron chi connectivity index (χ3n) is 3.12. The number of halogens is 1. The van der Waals surface area contributed by atoms with E-state index in [2.05, 4.69) is 24.1 Å². The van der Waals surface area contributed by atoms with E-state index in [0.29, 0.717) is 6.04 Å². The fourth-order valence-electron chi connectivity index (χ4n) is 2.18. The zero-order chi connectivity index (χ0) is 13.7. The Bertz CT molecular complexity index is 496. The summed E-state index contributed by atoms with van der Waals surface area (Å²) in [6.45, 7) is 4.23. The van der Waals surface area contributed by atoms with Gasteiger partial charge >= 0.3 is 0 Å². The Hall–Kier alpha value is -1.74. The standard InChI is InChI=1S/C16H19FN2/c1-12(11-14-6-8-15(17)9-7-14)19-13(2)16-5-3-4-10-18-16/h3-10,12-13,19H,11H2,1-2H3. The van der Waals surface area contributed by atoms with Crippen LogP contribution in [0.3, 0.4) is 0 Å². The molecule has 19 heavy (non-hydrogen) atoms. The van der Waals surface area contributed by atoms with E-state index in [-0.39, 0.29) is 11.9 Å². The van der Waals surface area contributed by atoms with E-state index in [4.69, 9.17) is 0 Å². The van der Waals surface area contributed by atoms with Gasteiger partial charge in [-0.2, -0.15) is 0 Å². The normalized spacial score (nSPS) is 14.1. The molecule has 2 nitrogen and oxygen atoms in total. The highest BCUT2D eigenvalue weighted by Crippen LogP contribution is 2.11. The second kappa shape index (κ2) is 6.43. The molecule has 2 atom stereocenters. The van der Waals surface area contributed by atoms with E-state index in [9.17, 15) is 4.39 Å². The smallest absolute Gasteiger partial charge is 0.123 e. The van der Waals surface area contributed by atoms with Crippen LogP contribution in [0.1, 0.15) is 31.1 Å². The van der Waals surface area contributed by atoms with Gasteiger partial charge in [-0.3, -0.25) is 4.98 Å². The van der Waals surface area contributed by atoms with Crippen molar-refractivity contribution in [2.45, 2.75) is 32.4 Å². The highest BCUT2D eigenvalue weighted by atomic mass is 19.1. The highest BCUT2D eigenvalue weighted by molar-refractivity contribution is 5.17. The zero-order valence-electron chi connectivity index (χ0n) is 11.3.